The highest BCUT2D eigenvalue weighted by atomic mass is 35.5. The Balaban J connectivity index is 1.76. The van der Waals surface area contributed by atoms with Gasteiger partial charge in [0.15, 0.2) is 0 Å². The summed E-state index contributed by atoms with van der Waals surface area (Å²) in [5, 5.41) is 17.2. The minimum absolute atomic E-state index is 0.0517. The van der Waals surface area contributed by atoms with Crippen LogP contribution in [0.2, 0.25) is 10.0 Å². The molecule has 0 spiro atoms. The molecule has 158 valence electrons. The predicted octanol–water partition coefficient (Wildman–Crippen LogP) is 2.42. The largest absolute Gasteiger partial charge is 0.480 e. The Hall–Kier alpha value is -2.97. The Labute approximate surface area is 182 Å². The number of hydrogen-bond donors (Lipinski definition) is 5. The number of fused-ring (bicyclic) bond motifs is 1. The molecule has 1 atom stereocenters. The Morgan fingerprint density at radius 1 is 1.10 bits per heavy atom. The Kier molecular flexibility index (Phi) is 6.69. The Morgan fingerprint density at radius 3 is 2.30 bits per heavy atom. The van der Waals surface area contributed by atoms with Gasteiger partial charge in [0.05, 0.1) is 27.8 Å². The first-order valence-corrected chi connectivity index (χ1v) is 9.90. The second kappa shape index (κ2) is 9.23. The third-order valence-corrected chi connectivity index (χ3v) is 5.52. The molecule has 30 heavy (non-hydrogen) atoms. The van der Waals surface area contributed by atoms with E-state index in [1.807, 2.05) is 12.1 Å². The number of aliphatic carboxylic acids is 1. The first-order valence-electron chi connectivity index (χ1n) is 9.14. The number of anilines is 1. The number of carbonyl (C=O) groups is 3. The zero-order valence-electron chi connectivity index (χ0n) is 15.7. The van der Waals surface area contributed by atoms with E-state index in [-0.39, 0.29) is 28.2 Å². The van der Waals surface area contributed by atoms with Crippen molar-refractivity contribution in [1.29, 1.82) is 0 Å². The van der Waals surface area contributed by atoms with Crippen molar-refractivity contribution < 1.29 is 19.5 Å². The molecule has 6 N–H and O–H groups in total. The van der Waals surface area contributed by atoms with Gasteiger partial charge in [-0.2, -0.15) is 0 Å². The van der Waals surface area contributed by atoms with Crippen LogP contribution < -0.4 is 21.7 Å². The molecule has 8 nitrogen and oxygen atoms in total. The summed E-state index contributed by atoms with van der Waals surface area (Å²) in [4.78, 5) is 34.9. The van der Waals surface area contributed by atoms with E-state index < -0.39 is 23.9 Å². The van der Waals surface area contributed by atoms with E-state index in [0.717, 1.165) is 12.8 Å². The number of rotatable bonds is 7. The van der Waals surface area contributed by atoms with Crippen LogP contribution in [0.25, 0.3) is 0 Å². The van der Waals surface area contributed by atoms with Crippen LogP contribution in [0.5, 0.6) is 0 Å². The molecule has 0 radical (unpaired) electrons. The van der Waals surface area contributed by atoms with Gasteiger partial charge in [-0.3, -0.25) is 4.79 Å². The van der Waals surface area contributed by atoms with Crippen LogP contribution in [-0.2, 0) is 17.6 Å². The van der Waals surface area contributed by atoms with E-state index in [1.165, 1.54) is 17.2 Å². The molecule has 1 aliphatic rings. The second-order valence-electron chi connectivity index (χ2n) is 6.91. The van der Waals surface area contributed by atoms with Gasteiger partial charge in [-0.15, -0.1) is 0 Å². The third-order valence-electron chi connectivity index (χ3n) is 4.81. The summed E-state index contributed by atoms with van der Waals surface area (Å²) >= 11 is 12.6. The van der Waals surface area contributed by atoms with E-state index >= 15 is 0 Å². The van der Waals surface area contributed by atoms with E-state index in [4.69, 9.17) is 28.9 Å². The quantitative estimate of drug-likeness (QED) is 0.441. The molecule has 0 heterocycles. The smallest absolute Gasteiger partial charge is 0.328 e. The zero-order valence-corrected chi connectivity index (χ0v) is 17.3. The van der Waals surface area contributed by atoms with Crippen molar-refractivity contribution in [2.75, 3.05) is 11.9 Å². The fourth-order valence-corrected chi connectivity index (χ4v) is 3.98. The summed E-state index contributed by atoms with van der Waals surface area (Å²) in [6.45, 7) is -0.385. The summed E-state index contributed by atoms with van der Waals surface area (Å²) in [5.41, 5.74) is 7.93. The number of carboxylic acids is 1. The van der Waals surface area contributed by atoms with Crippen molar-refractivity contribution in [2.45, 2.75) is 24.9 Å². The molecule has 0 saturated heterocycles. The summed E-state index contributed by atoms with van der Waals surface area (Å²) in [5.74, 6) is -2.12. The average Bonchev–Trinajstić information content (AvgIpc) is 3.09. The van der Waals surface area contributed by atoms with Crippen LogP contribution in [0.1, 0.15) is 21.5 Å². The van der Waals surface area contributed by atoms with Crippen LogP contribution in [0.15, 0.2) is 36.4 Å². The molecular formula is C20H20Cl2N4O4. The van der Waals surface area contributed by atoms with Crippen molar-refractivity contribution in [3.8, 4) is 0 Å². The number of hydrogen-bond acceptors (Lipinski definition) is 4. The first-order chi connectivity index (χ1) is 14.3. The first kappa shape index (κ1) is 21.7. The fraction of sp³-hybridized carbons (Fsp3) is 0.250. The number of carbonyl (C=O) groups excluding carboxylic acids is 2. The van der Waals surface area contributed by atoms with Crippen LogP contribution in [0, 0.1) is 0 Å². The molecule has 3 rings (SSSR count). The van der Waals surface area contributed by atoms with Gasteiger partial charge in [-0.25, -0.2) is 9.59 Å². The lowest BCUT2D eigenvalue weighted by Gasteiger charge is -2.19. The van der Waals surface area contributed by atoms with Crippen molar-refractivity contribution in [2.24, 2.45) is 5.73 Å². The standard InChI is InChI=1S/C20H20Cl2N4O4/c21-13-5-6-14(25-12-7-10-3-1-2-4-11(10)8-12)17(22)16(13)18(27)26-15(19(28)29)9-24-20(23)30/h1-6,12,15,25H,7-9H2,(H,26,27)(H,28,29)(H3,23,24,30)/t15-/m0/s1. The third kappa shape index (κ3) is 4.95. The SMILES string of the molecule is NC(=O)NC[C@H](NC(=O)c1c(Cl)ccc(NC2Cc3ccccc3C2)c1Cl)C(=O)O. The summed E-state index contributed by atoms with van der Waals surface area (Å²) < 4.78 is 0. The van der Waals surface area contributed by atoms with Gasteiger partial charge in [-0.05, 0) is 36.1 Å². The van der Waals surface area contributed by atoms with Crippen LogP contribution >= 0.6 is 23.2 Å². The van der Waals surface area contributed by atoms with Gasteiger partial charge in [0, 0.05) is 6.04 Å². The molecule has 0 fully saturated rings. The highest BCUT2D eigenvalue weighted by Crippen LogP contribution is 2.34. The summed E-state index contributed by atoms with van der Waals surface area (Å²) in [6.07, 6.45) is 1.63. The number of primary amides is 1. The maximum absolute atomic E-state index is 12.7. The van der Waals surface area contributed by atoms with Gasteiger partial charge in [0.25, 0.3) is 5.91 Å². The number of amides is 3. The second-order valence-corrected chi connectivity index (χ2v) is 7.70. The molecule has 3 amide bonds. The van der Waals surface area contributed by atoms with Crippen molar-refractivity contribution in [3.63, 3.8) is 0 Å². The molecule has 0 saturated carbocycles. The Morgan fingerprint density at radius 2 is 1.73 bits per heavy atom. The molecule has 0 aromatic heterocycles. The summed E-state index contributed by atoms with van der Waals surface area (Å²) in [7, 11) is 0. The van der Waals surface area contributed by atoms with Gasteiger partial charge >= 0.3 is 12.0 Å². The molecule has 0 bridgehead atoms. The lowest BCUT2D eigenvalue weighted by Crippen LogP contribution is -2.49. The van der Waals surface area contributed by atoms with Gasteiger partial charge in [0.2, 0.25) is 0 Å². The van der Waals surface area contributed by atoms with Gasteiger partial charge < -0.3 is 26.8 Å². The highest BCUT2D eigenvalue weighted by molar-refractivity contribution is 6.41. The van der Waals surface area contributed by atoms with E-state index in [1.54, 1.807) is 6.07 Å². The fourth-order valence-electron chi connectivity index (χ4n) is 3.39. The van der Waals surface area contributed by atoms with Crippen LogP contribution in [0.4, 0.5) is 10.5 Å². The molecule has 1 aliphatic carbocycles. The highest BCUT2D eigenvalue weighted by Gasteiger charge is 2.26. The maximum Gasteiger partial charge on any atom is 0.328 e. The molecule has 0 aliphatic heterocycles. The topological polar surface area (TPSA) is 134 Å². The normalized spacial score (nSPS) is 13.9. The number of nitrogens with one attached hydrogen (secondary N) is 3. The molecule has 0 unspecified atom stereocenters. The Bertz CT molecular complexity index is 974. The number of benzene rings is 2. The van der Waals surface area contributed by atoms with Crippen molar-refractivity contribution in [3.05, 3.63) is 63.1 Å². The van der Waals surface area contributed by atoms with Crippen LogP contribution in [0.3, 0.4) is 0 Å². The number of nitrogens with two attached hydrogens (primary N) is 1. The number of halogens is 2. The zero-order chi connectivity index (χ0) is 21.8. The van der Waals surface area contributed by atoms with Gasteiger partial charge in [-0.1, -0.05) is 47.5 Å². The lowest BCUT2D eigenvalue weighted by atomic mass is 10.1. The number of urea groups is 1. The maximum atomic E-state index is 12.7. The van der Waals surface area contributed by atoms with E-state index in [9.17, 15) is 19.5 Å². The van der Waals surface area contributed by atoms with Gasteiger partial charge in [0.1, 0.15) is 6.04 Å². The number of carboxylic acid groups (broad SMARTS) is 1. The average molecular weight is 451 g/mol. The molecule has 10 heteroatoms. The van der Waals surface area contributed by atoms with E-state index in [2.05, 4.69) is 28.1 Å². The lowest BCUT2D eigenvalue weighted by molar-refractivity contribution is -0.139. The van der Waals surface area contributed by atoms with Crippen molar-refractivity contribution >= 4 is 46.8 Å². The van der Waals surface area contributed by atoms with Crippen molar-refractivity contribution in [1.82, 2.24) is 10.6 Å². The molecular weight excluding hydrogens is 431 g/mol. The molecule has 2 aromatic carbocycles. The minimum Gasteiger partial charge on any atom is -0.480 e. The van der Waals surface area contributed by atoms with E-state index in [0.29, 0.717) is 5.69 Å². The van der Waals surface area contributed by atoms with Crippen LogP contribution in [-0.4, -0.2) is 41.6 Å². The predicted molar refractivity (Wildman–Crippen MR) is 114 cm³/mol. The minimum atomic E-state index is -1.40. The monoisotopic (exact) mass is 450 g/mol. The summed E-state index contributed by atoms with van der Waals surface area (Å²) in [6, 6.07) is 9.11. The molecule has 2 aromatic rings.